The smallest absolute Gasteiger partial charge is 0.341 e. The zero-order valence-electron chi connectivity index (χ0n) is 12.3. The number of ether oxygens (including phenoxy) is 1. The first kappa shape index (κ1) is 15.5. The van der Waals surface area contributed by atoms with Gasteiger partial charge in [-0.15, -0.1) is 0 Å². The number of hydrogen-bond donors (Lipinski definition) is 1. The van der Waals surface area contributed by atoms with E-state index in [-0.39, 0.29) is 6.61 Å². The zero-order chi connectivity index (χ0) is 14.4. The van der Waals surface area contributed by atoms with Crippen molar-refractivity contribution >= 4 is 5.97 Å². The monoisotopic (exact) mass is 264 g/mol. The molecule has 0 heterocycles. The summed E-state index contributed by atoms with van der Waals surface area (Å²) in [5.41, 5.74) is 2.23. The van der Waals surface area contributed by atoms with Crippen LogP contribution in [-0.2, 0) is 4.79 Å². The third-order valence-corrected chi connectivity index (χ3v) is 3.70. The van der Waals surface area contributed by atoms with Crippen LogP contribution in [0.1, 0.15) is 63.5 Å². The molecule has 1 rings (SSSR count). The van der Waals surface area contributed by atoms with Crippen molar-refractivity contribution in [2.24, 2.45) is 0 Å². The van der Waals surface area contributed by atoms with E-state index >= 15 is 0 Å². The molecule has 0 amide bonds. The fourth-order valence-electron chi connectivity index (χ4n) is 2.09. The lowest BCUT2D eigenvalue weighted by molar-refractivity contribution is -0.139. The molecular weight excluding hydrogens is 240 g/mol. The number of para-hydroxylation sites is 1. The minimum absolute atomic E-state index is 0.281. The van der Waals surface area contributed by atoms with Gasteiger partial charge in [0.1, 0.15) is 5.75 Å². The Morgan fingerprint density at radius 3 is 2.00 bits per heavy atom. The Hall–Kier alpha value is -1.51. The van der Waals surface area contributed by atoms with Gasteiger partial charge in [0, 0.05) is 0 Å². The molecule has 106 valence electrons. The van der Waals surface area contributed by atoms with Crippen LogP contribution in [0.3, 0.4) is 0 Å². The van der Waals surface area contributed by atoms with Gasteiger partial charge in [-0.3, -0.25) is 0 Å². The maximum absolute atomic E-state index is 10.7. The number of carboxylic acid groups (broad SMARTS) is 1. The summed E-state index contributed by atoms with van der Waals surface area (Å²) in [6.07, 6.45) is 2.01. The van der Waals surface area contributed by atoms with Gasteiger partial charge < -0.3 is 9.84 Å². The predicted octanol–water partition coefficient (Wildman–Crippen LogP) is 4.18. The molecule has 1 N–H and O–H groups in total. The molecule has 0 radical (unpaired) electrons. The van der Waals surface area contributed by atoms with Crippen molar-refractivity contribution in [1.82, 2.24) is 0 Å². The summed E-state index contributed by atoms with van der Waals surface area (Å²) in [6.45, 7) is 8.26. The minimum Gasteiger partial charge on any atom is -0.481 e. The lowest BCUT2D eigenvalue weighted by Gasteiger charge is -2.21. The topological polar surface area (TPSA) is 46.5 Å². The molecule has 1 aromatic rings. The highest BCUT2D eigenvalue weighted by Gasteiger charge is 2.18. The van der Waals surface area contributed by atoms with Gasteiger partial charge in [0.2, 0.25) is 0 Å². The fourth-order valence-corrected chi connectivity index (χ4v) is 2.09. The van der Waals surface area contributed by atoms with Crippen LogP contribution in [0, 0.1) is 0 Å². The third kappa shape index (κ3) is 3.98. The van der Waals surface area contributed by atoms with E-state index in [0.29, 0.717) is 11.8 Å². The molecule has 0 spiro atoms. The molecule has 0 fully saturated rings. The molecule has 19 heavy (non-hydrogen) atoms. The largest absolute Gasteiger partial charge is 0.481 e. The Bertz CT molecular complexity index is 398. The van der Waals surface area contributed by atoms with Gasteiger partial charge in [0.25, 0.3) is 0 Å². The van der Waals surface area contributed by atoms with Crippen LogP contribution in [0.5, 0.6) is 5.75 Å². The average molecular weight is 264 g/mol. The molecular formula is C16H24O3. The summed E-state index contributed by atoms with van der Waals surface area (Å²) in [5, 5.41) is 8.82. The normalized spacial score (nSPS) is 13.9. The van der Waals surface area contributed by atoms with E-state index in [1.165, 1.54) is 0 Å². The summed E-state index contributed by atoms with van der Waals surface area (Å²) in [4.78, 5) is 10.7. The van der Waals surface area contributed by atoms with E-state index in [1.807, 2.05) is 18.2 Å². The number of carbonyl (C=O) groups is 1. The quantitative estimate of drug-likeness (QED) is 0.803. The molecule has 1 aromatic carbocycles. The maximum Gasteiger partial charge on any atom is 0.341 e. The van der Waals surface area contributed by atoms with Crippen molar-refractivity contribution < 1.29 is 14.6 Å². The third-order valence-electron chi connectivity index (χ3n) is 3.70. The average Bonchev–Trinajstić information content (AvgIpc) is 2.42. The first-order chi connectivity index (χ1) is 9.01. The van der Waals surface area contributed by atoms with Gasteiger partial charge in [-0.05, 0) is 35.8 Å². The first-order valence-corrected chi connectivity index (χ1v) is 6.98. The molecule has 0 aliphatic rings. The summed E-state index contributed by atoms with van der Waals surface area (Å²) in [5.74, 6) is 0.572. The molecule has 2 unspecified atom stereocenters. The predicted molar refractivity (Wildman–Crippen MR) is 77.0 cm³/mol. The molecule has 0 saturated carbocycles. The Kier molecular flexibility index (Phi) is 5.87. The number of benzene rings is 1. The molecule has 0 aliphatic heterocycles. The molecule has 2 atom stereocenters. The van der Waals surface area contributed by atoms with Crippen LogP contribution in [0.25, 0.3) is 0 Å². The zero-order valence-corrected chi connectivity index (χ0v) is 12.3. The highest BCUT2D eigenvalue weighted by molar-refractivity contribution is 5.68. The van der Waals surface area contributed by atoms with Crippen LogP contribution >= 0.6 is 0 Å². The second kappa shape index (κ2) is 7.17. The lowest BCUT2D eigenvalue weighted by atomic mass is 9.90. The summed E-state index contributed by atoms with van der Waals surface area (Å²) in [7, 11) is 0. The number of hydrogen-bond acceptors (Lipinski definition) is 2. The van der Waals surface area contributed by atoms with Crippen LogP contribution in [0.15, 0.2) is 18.2 Å². The van der Waals surface area contributed by atoms with Crippen LogP contribution < -0.4 is 4.74 Å². The van der Waals surface area contributed by atoms with Gasteiger partial charge in [-0.1, -0.05) is 45.9 Å². The fraction of sp³-hybridized carbons (Fsp3) is 0.562. The van der Waals surface area contributed by atoms with Crippen molar-refractivity contribution in [3.05, 3.63) is 29.3 Å². The second-order valence-corrected chi connectivity index (χ2v) is 5.07. The van der Waals surface area contributed by atoms with E-state index in [2.05, 4.69) is 27.7 Å². The van der Waals surface area contributed by atoms with E-state index in [9.17, 15) is 4.79 Å². The highest BCUT2D eigenvalue weighted by Crippen LogP contribution is 2.36. The van der Waals surface area contributed by atoms with E-state index in [0.717, 1.165) is 29.7 Å². The highest BCUT2D eigenvalue weighted by atomic mass is 16.5. The van der Waals surface area contributed by atoms with E-state index in [1.54, 1.807) is 0 Å². The first-order valence-electron chi connectivity index (χ1n) is 6.98. The standard InChI is InChI=1S/C16H24O3/c1-5-11(3)13-8-7-9-14(12(4)6-2)16(13)19-10-15(17)18/h7-9,11-12H,5-6,10H2,1-4H3,(H,17,18). The molecule has 0 aliphatic carbocycles. The second-order valence-electron chi connectivity index (χ2n) is 5.07. The minimum atomic E-state index is -0.936. The molecule has 0 bridgehead atoms. The number of aliphatic carboxylic acids is 1. The van der Waals surface area contributed by atoms with Crippen molar-refractivity contribution in [3.8, 4) is 5.75 Å². The summed E-state index contributed by atoms with van der Waals surface area (Å²) < 4.78 is 5.58. The summed E-state index contributed by atoms with van der Waals surface area (Å²) in [6, 6.07) is 6.12. The van der Waals surface area contributed by atoms with Crippen LogP contribution in [-0.4, -0.2) is 17.7 Å². The van der Waals surface area contributed by atoms with Crippen molar-refractivity contribution in [1.29, 1.82) is 0 Å². The number of carboxylic acids is 1. The van der Waals surface area contributed by atoms with Crippen LogP contribution in [0.2, 0.25) is 0 Å². The van der Waals surface area contributed by atoms with Crippen LogP contribution in [0.4, 0.5) is 0 Å². The van der Waals surface area contributed by atoms with Crippen molar-refractivity contribution in [3.63, 3.8) is 0 Å². The summed E-state index contributed by atoms with van der Waals surface area (Å²) >= 11 is 0. The van der Waals surface area contributed by atoms with Gasteiger partial charge in [0.15, 0.2) is 6.61 Å². The van der Waals surface area contributed by atoms with Gasteiger partial charge in [0.05, 0.1) is 0 Å². The Balaban J connectivity index is 3.19. The van der Waals surface area contributed by atoms with Gasteiger partial charge in [-0.2, -0.15) is 0 Å². The van der Waals surface area contributed by atoms with E-state index < -0.39 is 5.97 Å². The van der Waals surface area contributed by atoms with E-state index in [4.69, 9.17) is 9.84 Å². The Morgan fingerprint density at radius 1 is 1.16 bits per heavy atom. The van der Waals surface area contributed by atoms with Gasteiger partial charge >= 0.3 is 5.97 Å². The van der Waals surface area contributed by atoms with Crippen molar-refractivity contribution in [2.45, 2.75) is 52.4 Å². The Labute approximate surface area is 115 Å². The molecule has 3 heteroatoms. The lowest BCUT2D eigenvalue weighted by Crippen LogP contribution is -2.13. The molecule has 3 nitrogen and oxygen atoms in total. The molecule has 0 aromatic heterocycles. The van der Waals surface area contributed by atoms with Gasteiger partial charge in [-0.25, -0.2) is 4.79 Å². The van der Waals surface area contributed by atoms with Crippen molar-refractivity contribution in [2.75, 3.05) is 6.61 Å². The maximum atomic E-state index is 10.7. The SMILES string of the molecule is CCC(C)c1cccc(C(C)CC)c1OCC(=O)O. The number of rotatable bonds is 7. The Morgan fingerprint density at radius 2 is 1.63 bits per heavy atom. The molecule has 0 saturated heterocycles.